The normalized spacial score (nSPS) is 11.1. The van der Waals surface area contributed by atoms with Crippen molar-refractivity contribution in [2.24, 2.45) is 0 Å². The van der Waals surface area contributed by atoms with Crippen LogP contribution in [0.3, 0.4) is 0 Å². The molecule has 0 aliphatic heterocycles. The molecule has 0 aliphatic rings. The Bertz CT molecular complexity index is 546. The number of nitrogens with zero attached hydrogens (tertiary/aromatic N) is 1. The second kappa shape index (κ2) is 5.05. The largest absolute Gasteiger partial charge is 0.252 e. The third-order valence-corrected chi connectivity index (χ3v) is 3.68. The summed E-state index contributed by atoms with van der Waals surface area (Å²) in [5.74, 6) is 0. The molecule has 0 saturated heterocycles. The maximum atomic E-state index is 6.44. The molecule has 0 spiro atoms. The number of aromatic nitrogens is 1. The molecule has 2 aromatic rings. The first kappa shape index (κ1) is 12.4. The first-order valence-electron chi connectivity index (χ1n) is 6.25. The van der Waals surface area contributed by atoms with Crippen LogP contribution in [0.1, 0.15) is 37.1 Å². The maximum Gasteiger partial charge on any atom is 0.0720 e. The van der Waals surface area contributed by atoms with Gasteiger partial charge in [0.2, 0.25) is 0 Å². The standard InChI is InChI=1S/C15H18ClN/c1-4-6-11-7-8-14-12(9-11)15(16)10(3)13(5-2)17-14/h7-9H,4-6H2,1-3H3. The molecule has 0 atom stereocenters. The van der Waals surface area contributed by atoms with Gasteiger partial charge in [-0.1, -0.05) is 37.9 Å². The van der Waals surface area contributed by atoms with Crippen molar-refractivity contribution in [1.82, 2.24) is 4.98 Å². The molecule has 0 N–H and O–H groups in total. The average molecular weight is 248 g/mol. The molecule has 0 radical (unpaired) electrons. The molecule has 1 heterocycles. The highest BCUT2D eigenvalue weighted by Crippen LogP contribution is 2.29. The molecular weight excluding hydrogens is 230 g/mol. The van der Waals surface area contributed by atoms with Crippen molar-refractivity contribution in [2.75, 3.05) is 0 Å². The topological polar surface area (TPSA) is 12.9 Å². The molecule has 1 aromatic carbocycles. The molecule has 2 heteroatoms. The van der Waals surface area contributed by atoms with Gasteiger partial charge in [0.25, 0.3) is 0 Å². The lowest BCUT2D eigenvalue weighted by Crippen LogP contribution is -1.95. The van der Waals surface area contributed by atoms with E-state index < -0.39 is 0 Å². The van der Waals surface area contributed by atoms with Crippen molar-refractivity contribution in [3.8, 4) is 0 Å². The van der Waals surface area contributed by atoms with Gasteiger partial charge < -0.3 is 0 Å². The van der Waals surface area contributed by atoms with Crippen molar-refractivity contribution in [3.05, 3.63) is 40.0 Å². The molecule has 0 aliphatic carbocycles. The SMILES string of the molecule is CCCc1ccc2nc(CC)c(C)c(Cl)c2c1. The summed E-state index contributed by atoms with van der Waals surface area (Å²) in [7, 11) is 0. The first-order chi connectivity index (χ1) is 8.17. The molecule has 1 nitrogen and oxygen atoms in total. The number of rotatable bonds is 3. The smallest absolute Gasteiger partial charge is 0.0720 e. The van der Waals surface area contributed by atoms with E-state index in [9.17, 15) is 0 Å². The van der Waals surface area contributed by atoms with Crippen LogP contribution >= 0.6 is 11.6 Å². The third kappa shape index (κ3) is 2.30. The van der Waals surface area contributed by atoms with Crippen LogP contribution in [0.2, 0.25) is 5.02 Å². The fourth-order valence-electron chi connectivity index (χ4n) is 2.20. The van der Waals surface area contributed by atoms with Gasteiger partial charge in [0.1, 0.15) is 0 Å². The number of aryl methyl sites for hydroxylation is 2. The van der Waals surface area contributed by atoms with Crippen molar-refractivity contribution >= 4 is 22.5 Å². The Morgan fingerprint density at radius 2 is 2.00 bits per heavy atom. The lowest BCUT2D eigenvalue weighted by atomic mass is 10.0. The predicted octanol–water partition coefficient (Wildman–Crippen LogP) is 4.71. The Morgan fingerprint density at radius 1 is 1.24 bits per heavy atom. The summed E-state index contributed by atoms with van der Waals surface area (Å²) in [6.07, 6.45) is 3.18. The van der Waals surface area contributed by atoms with Gasteiger partial charge in [-0.3, -0.25) is 4.98 Å². The Hall–Kier alpha value is -1.08. The fourth-order valence-corrected chi connectivity index (χ4v) is 2.46. The zero-order valence-electron chi connectivity index (χ0n) is 10.7. The minimum absolute atomic E-state index is 0.866. The highest BCUT2D eigenvalue weighted by atomic mass is 35.5. The van der Waals surface area contributed by atoms with Gasteiger partial charge in [-0.2, -0.15) is 0 Å². The predicted molar refractivity (Wildman–Crippen MR) is 74.9 cm³/mol. The van der Waals surface area contributed by atoms with Gasteiger partial charge in [-0.05, 0) is 43.0 Å². The van der Waals surface area contributed by atoms with Crippen molar-refractivity contribution in [3.63, 3.8) is 0 Å². The van der Waals surface area contributed by atoms with Crippen molar-refractivity contribution < 1.29 is 0 Å². The van der Waals surface area contributed by atoms with Crippen LogP contribution in [-0.2, 0) is 12.8 Å². The minimum atomic E-state index is 0.866. The molecule has 17 heavy (non-hydrogen) atoms. The van der Waals surface area contributed by atoms with Crippen LogP contribution in [0.15, 0.2) is 18.2 Å². The summed E-state index contributed by atoms with van der Waals surface area (Å²) in [6.45, 7) is 6.36. The minimum Gasteiger partial charge on any atom is -0.252 e. The summed E-state index contributed by atoms with van der Waals surface area (Å²) < 4.78 is 0. The summed E-state index contributed by atoms with van der Waals surface area (Å²) in [5, 5.41) is 1.96. The zero-order chi connectivity index (χ0) is 12.4. The molecule has 0 fully saturated rings. The van der Waals surface area contributed by atoms with E-state index in [0.717, 1.165) is 46.4 Å². The molecule has 0 unspecified atom stereocenters. The Morgan fingerprint density at radius 3 is 2.65 bits per heavy atom. The van der Waals surface area contributed by atoms with Crippen molar-refractivity contribution in [1.29, 1.82) is 0 Å². The number of halogens is 1. The maximum absolute atomic E-state index is 6.44. The molecule has 0 amide bonds. The molecule has 1 aromatic heterocycles. The summed E-state index contributed by atoms with van der Waals surface area (Å²) in [5.41, 5.74) is 4.57. The van der Waals surface area contributed by atoms with E-state index in [0.29, 0.717) is 0 Å². The van der Waals surface area contributed by atoms with Crippen molar-refractivity contribution in [2.45, 2.75) is 40.0 Å². The Labute approximate surface area is 108 Å². The number of fused-ring (bicyclic) bond motifs is 1. The summed E-state index contributed by atoms with van der Waals surface area (Å²) in [6, 6.07) is 6.43. The van der Waals surface area contributed by atoms with Crippen LogP contribution in [0, 0.1) is 6.92 Å². The van der Waals surface area contributed by atoms with Gasteiger partial charge in [-0.15, -0.1) is 0 Å². The molecule has 2 rings (SSSR count). The van der Waals surface area contributed by atoms with Crippen LogP contribution in [0.5, 0.6) is 0 Å². The van der Waals surface area contributed by atoms with Crippen LogP contribution in [0.4, 0.5) is 0 Å². The van der Waals surface area contributed by atoms with Gasteiger partial charge in [0.05, 0.1) is 10.5 Å². The summed E-state index contributed by atoms with van der Waals surface area (Å²) in [4.78, 5) is 4.67. The lowest BCUT2D eigenvalue weighted by molar-refractivity contribution is 0.923. The van der Waals surface area contributed by atoms with Crippen LogP contribution in [-0.4, -0.2) is 4.98 Å². The lowest BCUT2D eigenvalue weighted by Gasteiger charge is -2.10. The number of benzene rings is 1. The Kier molecular flexibility index (Phi) is 3.68. The van der Waals surface area contributed by atoms with E-state index in [1.54, 1.807) is 0 Å². The average Bonchev–Trinajstić information content (AvgIpc) is 2.34. The highest BCUT2D eigenvalue weighted by molar-refractivity contribution is 6.36. The highest BCUT2D eigenvalue weighted by Gasteiger charge is 2.09. The number of pyridine rings is 1. The molecule has 0 bridgehead atoms. The fraction of sp³-hybridized carbons (Fsp3) is 0.400. The van der Waals surface area contributed by atoms with Crippen LogP contribution < -0.4 is 0 Å². The van der Waals surface area contributed by atoms with E-state index in [1.807, 2.05) is 0 Å². The molecular formula is C15H18ClN. The van der Waals surface area contributed by atoms with E-state index >= 15 is 0 Å². The van der Waals surface area contributed by atoms with Gasteiger partial charge in [0, 0.05) is 11.1 Å². The second-order valence-electron chi connectivity index (χ2n) is 4.45. The van der Waals surface area contributed by atoms with Gasteiger partial charge in [-0.25, -0.2) is 0 Å². The Balaban J connectivity index is 2.65. The zero-order valence-corrected chi connectivity index (χ0v) is 11.4. The third-order valence-electron chi connectivity index (χ3n) is 3.19. The van der Waals surface area contributed by atoms with E-state index in [2.05, 4.69) is 44.0 Å². The monoisotopic (exact) mass is 247 g/mol. The van der Waals surface area contributed by atoms with Crippen LogP contribution in [0.25, 0.3) is 10.9 Å². The van der Waals surface area contributed by atoms with E-state index in [1.165, 1.54) is 5.56 Å². The van der Waals surface area contributed by atoms with E-state index in [-0.39, 0.29) is 0 Å². The molecule has 90 valence electrons. The second-order valence-corrected chi connectivity index (χ2v) is 4.83. The quantitative estimate of drug-likeness (QED) is 0.765. The van der Waals surface area contributed by atoms with Gasteiger partial charge >= 0.3 is 0 Å². The number of hydrogen-bond acceptors (Lipinski definition) is 1. The first-order valence-corrected chi connectivity index (χ1v) is 6.62. The van der Waals surface area contributed by atoms with E-state index in [4.69, 9.17) is 11.6 Å². The number of hydrogen-bond donors (Lipinski definition) is 0. The van der Waals surface area contributed by atoms with Gasteiger partial charge in [0.15, 0.2) is 0 Å². The molecule has 0 saturated carbocycles. The summed E-state index contributed by atoms with van der Waals surface area (Å²) >= 11 is 6.44.